The fourth-order valence-corrected chi connectivity index (χ4v) is 2.65. The molecule has 0 amide bonds. The van der Waals surface area contributed by atoms with Crippen LogP contribution in [0, 0.1) is 17.0 Å². The Morgan fingerprint density at radius 3 is 2.56 bits per heavy atom. The van der Waals surface area contributed by atoms with E-state index in [1.165, 1.54) is 0 Å². The molecule has 1 heterocycles. The Labute approximate surface area is 110 Å². The zero-order valence-electron chi connectivity index (χ0n) is 10.4. The molecule has 0 aromatic carbocycles. The van der Waals surface area contributed by atoms with Gasteiger partial charge < -0.3 is 4.90 Å². The molecule has 1 aromatic rings. The minimum Gasteiger partial charge on any atom is -0.351 e. The maximum absolute atomic E-state index is 11.1. The van der Waals surface area contributed by atoms with E-state index in [0.29, 0.717) is 17.6 Å². The Balaban J connectivity index is 2.44. The van der Waals surface area contributed by atoms with Crippen molar-refractivity contribution in [2.24, 2.45) is 0 Å². The third-order valence-corrected chi connectivity index (χ3v) is 3.57. The molecular formula is C11H15ClN4O2. The summed E-state index contributed by atoms with van der Waals surface area (Å²) in [5, 5.41) is 11.2. The van der Waals surface area contributed by atoms with Crippen molar-refractivity contribution in [1.82, 2.24) is 9.97 Å². The summed E-state index contributed by atoms with van der Waals surface area (Å²) in [5.74, 6) is 0.324. The van der Waals surface area contributed by atoms with E-state index in [-0.39, 0.29) is 11.0 Å². The van der Waals surface area contributed by atoms with Gasteiger partial charge >= 0.3 is 5.69 Å². The first-order valence-corrected chi connectivity index (χ1v) is 6.30. The van der Waals surface area contributed by atoms with Gasteiger partial charge in [0.2, 0.25) is 11.1 Å². The zero-order chi connectivity index (χ0) is 13.3. The molecule has 0 bridgehead atoms. The largest absolute Gasteiger partial charge is 0.351 e. The van der Waals surface area contributed by atoms with Gasteiger partial charge in [0.1, 0.15) is 5.69 Å². The van der Waals surface area contributed by atoms with Crippen molar-refractivity contribution >= 4 is 23.1 Å². The monoisotopic (exact) mass is 270 g/mol. The van der Waals surface area contributed by atoms with Crippen LogP contribution in [0.4, 0.5) is 11.5 Å². The maximum atomic E-state index is 11.1. The molecule has 1 fully saturated rings. The van der Waals surface area contributed by atoms with Crippen LogP contribution in [0.3, 0.4) is 0 Å². The summed E-state index contributed by atoms with van der Waals surface area (Å²) in [6, 6.07) is 0.300. The van der Waals surface area contributed by atoms with Crippen LogP contribution < -0.4 is 4.90 Å². The van der Waals surface area contributed by atoms with E-state index in [4.69, 9.17) is 11.6 Å². The molecule has 2 rings (SSSR count). The van der Waals surface area contributed by atoms with Crippen molar-refractivity contribution in [1.29, 1.82) is 0 Å². The van der Waals surface area contributed by atoms with E-state index in [1.54, 1.807) is 6.92 Å². The number of nitrogens with zero attached hydrogens (tertiary/aromatic N) is 4. The summed E-state index contributed by atoms with van der Waals surface area (Å²) < 4.78 is 0. The van der Waals surface area contributed by atoms with E-state index in [1.807, 2.05) is 11.9 Å². The first-order chi connectivity index (χ1) is 8.50. The van der Waals surface area contributed by atoms with Gasteiger partial charge in [-0.05, 0) is 31.4 Å². The molecule has 0 radical (unpaired) electrons. The standard InChI is InChI=1S/C11H15ClN4O2/c1-7-9(16(17)18)10(14-11(12)13-7)15(2)8-5-3-4-6-8/h8H,3-6H2,1-2H3. The molecule has 0 spiro atoms. The molecule has 1 aliphatic carbocycles. The van der Waals surface area contributed by atoms with Crippen molar-refractivity contribution in [3.8, 4) is 0 Å². The van der Waals surface area contributed by atoms with Gasteiger partial charge in [-0.3, -0.25) is 10.1 Å². The van der Waals surface area contributed by atoms with Gasteiger partial charge in [0.15, 0.2) is 0 Å². The van der Waals surface area contributed by atoms with Gasteiger partial charge in [-0.15, -0.1) is 0 Å². The van der Waals surface area contributed by atoms with Crippen molar-refractivity contribution in [3.63, 3.8) is 0 Å². The van der Waals surface area contributed by atoms with Gasteiger partial charge in [-0.25, -0.2) is 4.98 Å². The molecule has 1 aromatic heterocycles. The van der Waals surface area contributed by atoms with Crippen molar-refractivity contribution < 1.29 is 4.92 Å². The Hall–Kier alpha value is -1.43. The van der Waals surface area contributed by atoms with Crippen LogP contribution in [0.25, 0.3) is 0 Å². The Morgan fingerprint density at radius 2 is 2.00 bits per heavy atom. The maximum Gasteiger partial charge on any atom is 0.332 e. The van der Waals surface area contributed by atoms with Gasteiger partial charge in [0.25, 0.3) is 0 Å². The zero-order valence-corrected chi connectivity index (χ0v) is 11.1. The highest BCUT2D eigenvalue weighted by atomic mass is 35.5. The van der Waals surface area contributed by atoms with Crippen LogP contribution in [0.2, 0.25) is 5.28 Å². The number of aromatic nitrogens is 2. The van der Waals surface area contributed by atoms with E-state index < -0.39 is 4.92 Å². The number of hydrogen-bond donors (Lipinski definition) is 0. The summed E-state index contributed by atoms with van der Waals surface area (Å²) in [5.41, 5.74) is 0.258. The third-order valence-electron chi connectivity index (χ3n) is 3.40. The quantitative estimate of drug-likeness (QED) is 0.480. The number of halogens is 1. The van der Waals surface area contributed by atoms with Crippen LogP contribution in [0.15, 0.2) is 0 Å². The molecule has 0 atom stereocenters. The van der Waals surface area contributed by atoms with E-state index in [9.17, 15) is 10.1 Å². The lowest BCUT2D eigenvalue weighted by molar-refractivity contribution is -0.385. The number of aryl methyl sites for hydroxylation is 1. The van der Waals surface area contributed by atoms with Crippen LogP contribution in [0.5, 0.6) is 0 Å². The molecule has 98 valence electrons. The van der Waals surface area contributed by atoms with E-state index in [2.05, 4.69) is 9.97 Å². The molecule has 6 nitrogen and oxygen atoms in total. The molecule has 18 heavy (non-hydrogen) atoms. The predicted molar refractivity (Wildman–Crippen MR) is 69.1 cm³/mol. The van der Waals surface area contributed by atoms with E-state index in [0.717, 1.165) is 25.7 Å². The SMILES string of the molecule is Cc1nc(Cl)nc(N(C)C2CCCC2)c1[N+](=O)[O-]. The topological polar surface area (TPSA) is 72.2 Å². The van der Waals surface area contributed by atoms with Crippen LogP contribution in [-0.4, -0.2) is 28.0 Å². The normalized spacial score (nSPS) is 15.9. The second-order valence-corrected chi connectivity index (χ2v) is 4.89. The average Bonchev–Trinajstić information content (AvgIpc) is 2.79. The van der Waals surface area contributed by atoms with Gasteiger partial charge in [-0.2, -0.15) is 4.98 Å². The molecule has 0 unspecified atom stereocenters. The highest BCUT2D eigenvalue weighted by molar-refractivity contribution is 6.28. The van der Waals surface area contributed by atoms with Crippen LogP contribution in [-0.2, 0) is 0 Å². The first kappa shape index (κ1) is 13.0. The highest BCUT2D eigenvalue weighted by Crippen LogP contribution is 2.33. The minimum absolute atomic E-state index is 0.0474. The summed E-state index contributed by atoms with van der Waals surface area (Å²) >= 11 is 5.81. The van der Waals surface area contributed by atoms with Crippen molar-refractivity contribution in [2.75, 3.05) is 11.9 Å². The Bertz CT molecular complexity index is 474. The van der Waals surface area contributed by atoms with Crippen molar-refractivity contribution in [2.45, 2.75) is 38.6 Å². The average molecular weight is 271 g/mol. The molecule has 1 saturated carbocycles. The molecule has 1 aliphatic rings. The Morgan fingerprint density at radius 1 is 1.39 bits per heavy atom. The van der Waals surface area contributed by atoms with Crippen LogP contribution >= 0.6 is 11.6 Å². The number of nitro groups is 1. The van der Waals surface area contributed by atoms with Gasteiger partial charge in [-0.1, -0.05) is 12.8 Å². The number of hydrogen-bond acceptors (Lipinski definition) is 5. The van der Waals surface area contributed by atoms with Crippen molar-refractivity contribution in [3.05, 3.63) is 21.1 Å². The number of rotatable bonds is 3. The van der Waals surface area contributed by atoms with Gasteiger partial charge in [0, 0.05) is 13.1 Å². The molecular weight excluding hydrogens is 256 g/mol. The molecule has 0 aliphatic heterocycles. The predicted octanol–water partition coefficient (Wildman–Crippen LogP) is 2.73. The second-order valence-electron chi connectivity index (χ2n) is 4.56. The summed E-state index contributed by atoms with van der Waals surface area (Å²) in [7, 11) is 1.83. The lowest BCUT2D eigenvalue weighted by Crippen LogP contribution is -2.30. The fourth-order valence-electron chi connectivity index (χ4n) is 2.44. The summed E-state index contributed by atoms with van der Waals surface area (Å²) in [6.07, 6.45) is 4.38. The summed E-state index contributed by atoms with van der Waals surface area (Å²) in [6.45, 7) is 1.58. The van der Waals surface area contributed by atoms with Gasteiger partial charge in [0.05, 0.1) is 4.92 Å². The minimum atomic E-state index is -0.438. The lowest BCUT2D eigenvalue weighted by atomic mass is 10.2. The molecule has 0 saturated heterocycles. The van der Waals surface area contributed by atoms with E-state index >= 15 is 0 Å². The van der Waals surface area contributed by atoms with Crippen LogP contribution in [0.1, 0.15) is 31.4 Å². The molecule has 7 heteroatoms. The number of anilines is 1. The smallest absolute Gasteiger partial charge is 0.332 e. The third kappa shape index (κ3) is 2.38. The summed E-state index contributed by atoms with van der Waals surface area (Å²) in [4.78, 5) is 20.4. The molecule has 0 N–H and O–H groups in total. The second kappa shape index (κ2) is 5.06. The first-order valence-electron chi connectivity index (χ1n) is 5.92. The Kier molecular flexibility index (Phi) is 3.65. The fraction of sp³-hybridized carbons (Fsp3) is 0.636. The lowest BCUT2D eigenvalue weighted by Gasteiger charge is -2.25. The highest BCUT2D eigenvalue weighted by Gasteiger charge is 2.29.